The molecule has 180 valence electrons. The first-order chi connectivity index (χ1) is 16.4. The van der Waals surface area contributed by atoms with Gasteiger partial charge in [0.1, 0.15) is 17.1 Å². The summed E-state index contributed by atoms with van der Waals surface area (Å²) in [5.74, 6) is -2.25. The Balaban J connectivity index is 2.10. The van der Waals surface area contributed by atoms with Crippen LogP contribution in [0.4, 0.5) is 0 Å². The predicted molar refractivity (Wildman–Crippen MR) is 129 cm³/mol. The monoisotopic (exact) mass is 474 g/mol. The van der Waals surface area contributed by atoms with Gasteiger partial charge < -0.3 is 14.2 Å². The minimum absolute atomic E-state index is 0.00301. The SMILES string of the molecule is CC(=O)Oc1cc(C2(C(=O)OC(C)(C)C)Cc3ccccc3C2=O)c(OC(C)=O)c2ccccc12. The van der Waals surface area contributed by atoms with Crippen molar-refractivity contribution in [1.29, 1.82) is 0 Å². The van der Waals surface area contributed by atoms with Crippen molar-refractivity contribution in [3.8, 4) is 11.5 Å². The van der Waals surface area contributed by atoms with Crippen molar-refractivity contribution in [3.05, 3.63) is 71.3 Å². The molecule has 0 amide bonds. The Morgan fingerprint density at radius 3 is 2.06 bits per heavy atom. The summed E-state index contributed by atoms with van der Waals surface area (Å²) in [4.78, 5) is 52.0. The van der Waals surface area contributed by atoms with Crippen molar-refractivity contribution in [2.24, 2.45) is 0 Å². The lowest BCUT2D eigenvalue weighted by Gasteiger charge is -2.32. The third kappa shape index (κ3) is 4.30. The molecule has 3 aromatic rings. The number of ketones is 1. The molecule has 35 heavy (non-hydrogen) atoms. The van der Waals surface area contributed by atoms with Crippen molar-refractivity contribution >= 4 is 34.5 Å². The molecule has 0 heterocycles. The van der Waals surface area contributed by atoms with Gasteiger partial charge in [-0.05, 0) is 32.4 Å². The molecule has 0 radical (unpaired) electrons. The molecule has 0 aromatic heterocycles. The summed E-state index contributed by atoms with van der Waals surface area (Å²) in [5, 5.41) is 0.910. The van der Waals surface area contributed by atoms with Gasteiger partial charge in [0, 0.05) is 42.2 Å². The highest BCUT2D eigenvalue weighted by atomic mass is 16.6. The zero-order valence-corrected chi connectivity index (χ0v) is 20.3. The third-order valence-electron chi connectivity index (χ3n) is 5.77. The zero-order valence-electron chi connectivity index (χ0n) is 20.3. The quantitative estimate of drug-likeness (QED) is 0.307. The van der Waals surface area contributed by atoms with E-state index in [-0.39, 0.29) is 23.5 Å². The van der Waals surface area contributed by atoms with Crippen LogP contribution in [-0.2, 0) is 31.0 Å². The van der Waals surface area contributed by atoms with Crippen molar-refractivity contribution in [2.75, 3.05) is 0 Å². The molecular formula is C28H26O7. The highest BCUT2D eigenvalue weighted by Gasteiger charge is 2.56. The van der Waals surface area contributed by atoms with Crippen LogP contribution in [0.1, 0.15) is 56.1 Å². The number of hydrogen-bond donors (Lipinski definition) is 0. The molecule has 0 spiro atoms. The summed E-state index contributed by atoms with van der Waals surface area (Å²) in [6, 6.07) is 15.2. The molecule has 0 saturated carbocycles. The Morgan fingerprint density at radius 2 is 1.46 bits per heavy atom. The van der Waals surface area contributed by atoms with Gasteiger partial charge in [0.2, 0.25) is 0 Å². The molecule has 1 atom stereocenters. The van der Waals surface area contributed by atoms with E-state index in [2.05, 4.69) is 0 Å². The topological polar surface area (TPSA) is 96.0 Å². The first-order valence-electron chi connectivity index (χ1n) is 11.2. The Labute approximate surface area is 203 Å². The summed E-state index contributed by atoms with van der Waals surface area (Å²) in [6.45, 7) is 7.63. The average molecular weight is 475 g/mol. The average Bonchev–Trinajstić information content (AvgIpc) is 3.07. The van der Waals surface area contributed by atoms with Crippen LogP contribution in [0.2, 0.25) is 0 Å². The van der Waals surface area contributed by atoms with E-state index in [0.29, 0.717) is 21.9 Å². The third-order valence-corrected chi connectivity index (χ3v) is 5.77. The fraction of sp³-hybridized carbons (Fsp3) is 0.286. The van der Waals surface area contributed by atoms with Crippen LogP contribution in [0.5, 0.6) is 11.5 Å². The number of fused-ring (bicyclic) bond motifs is 2. The molecule has 0 N–H and O–H groups in total. The zero-order chi connectivity index (χ0) is 25.5. The van der Waals surface area contributed by atoms with Crippen molar-refractivity contribution in [2.45, 2.75) is 52.1 Å². The molecule has 1 unspecified atom stereocenters. The Bertz CT molecular complexity index is 1380. The number of Topliss-reactive ketones (excluding diaryl/α,β-unsaturated/α-hetero) is 1. The molecule has 4 rings (SSSR count). The van der Waals surface area contributed by atoms with E-state index >= 15 is 0 Å². The van der Waals surface area contributed by atoms with Gasteiger partial charge in [-0.15, -0.1) is 0 Å². The van der Waals surface area contributed by atoms with Crippen molar-refractivity contribution in [3.63, 3.8) is 0 Å². The van der Waals surface area contributed by atoms with E-state index in [9.17, 15) is 19.2 Å². The van der Waals surface area contributed by atoms with Gasteiger partial charge in [-0.1, -0.05) is 48.5 Å². The molecular weight excluding hydrogens is 448 g/mol. The van der Waals surface area contributed by atoms with E-state index in [1.807, 2.05) is 0 Å². The molecule has 1 aliphatic carbocycles. The molecule has 0 fully saturated rings. The minimum atomic E-state index is -1.85. The van der Waals surface area contributed by atoms with E-state index in [0.717, 1.165) is 0 Å². The van der Waals surface area contributed by atoms with E-state index in [1.54, 1.807) is 69.3 Å². The molecule has 0 bridgehead atoms. The van der Waals surface area contributed by atoms with Crippen LogP contribution in [0.15, 0.2) is 54.6 Å². The predicted octanol–water partition coefficient (Wildman–Crippen LogP) is 4.71. The standard InChI is InChI=1S/C28H26O7/c1-16(29)33-23-14-22(24(34-17(2)30)21-13-9-8-12-20(21)23)28(26(32)35-27(3,4)5)15-18-10-6-7-11-19(18)25(28)31/h6-14H,15H2,1-5H3. The number of carbonyl (C=O) groups excluding carboxylic acids is 4. The van der Waals surface area contributed by atoms with Crippen molar-refractivity contribution in [1.82, 2.24) is 0 Å². The Hall–Kier alpha value is -4.00. The molecule has 3 aromatic carbocycles. The minimum Gasteiger partial charge on any atom is -0.459 e. The van der Waals surface area contributed by atoms with Crippen LogP contribution in [0.25, 0.3) is 10.8 Å². The molecule has 7 heteroatoms. The molecule has 1 aliphatic rings. The van der Waals surface area contributed by atoms with Crippen molar-refractivity contribution < 1.29 is 33.4 Å². The van der Waals surface area contributed by atoms with E-state index in [4.69, 9.17) is 14.2 Å². The summed E-state index contributed by atoms with van der Waals surface area (Å²) < 4.78 is 16.9. The molecule has 7 nitrogen and oxygen atoms in total. The lowest BCUT2D eigenvalue weighted by Crippen LogP contribution is -2.46. The maximum atomic E-state index is 14.0. The fourth-order valence-electron chi connectivity index (χ4n) is 4.47. The Morgan fingerprint density at radius 1 is 0.857 bits per heavy atom. The first-order valence-corrected chi connectivity index (χ1v) is 11.2. The fourth-order valence-corrected chi connectivity index (χ4v) is 4.47. The first kappa shape index (κ1) is 24.1. The maximum Gasteiger partial charge on any atom is 0.325 e. The second-order valence-electron chi connectivity index (χ2n) is 9.55. The number of esters is 3. The number of hydrogen-bond acceptors (Lipinski definition) is 7. The summed E-state index contributed by atoms with van der Waals surface area (Å²) in [6.07, 6.45) is 0.00301. The summed E-state index contributed by atoms with van der Waals surface area (Å²) in [7, 11) is 0. The second kappa shape index (κ2) is 8.65. The smallest absolute Gasteiger partial charge is 0.325 e. The number of rotatable bonds is 4. The van der Waals surface area contributed by atoms with Gasteiger partial charge in [0.25, 0.3) is 0 Å². The van der Waals surface area contributed by atoms with E-state index < -0.39 is 34.7 Å². The molecule has 0 aliphatic heterocycles. The van der Waals surface area contributed by atoms with Gasteiger partial charge in [0.05, 0.1) is 0 Å². The van der Waals surface area contributed by atoms with Gasteiger partial charge in [-0.25, -0.2) is 0 Å². The summed E-state index contributed by atoms with van der Waals surface area (Å²) >= 11 is 0. The van der Waals surface area contributed by atoms with Gasteiger partial charge in [-0.2, -0.15) is 0 Å². The van der Waals surface area contributed by atoms with Gasteiger partial charge in [0.15, 0.2) is 11.2 Å². The van der Waals surface area contributed by atoms with Crippen LogP contribution < -0.4 is 9.47 Å². The highest BCUT2D eigenvalue weighted by molar-refractivity contribution is 6.22. The normalized spacial score (nSPS) is 17.1. The lowest BCUT2D eigenvalue weighted by atomic mass is 9.75. The highest BCUT2D eigenvalue weighted by Crippen LogP contribution is 2.49. The van der Waals surface area contributed by atoms with Gasteiger partial charge in [-0.3, -0.25) is 19.2 Å². The molecule has 0 saturated heterocycles. The number of ether oxygens (including phenoxy) is 3. The number of benzene rings is 3. The number of carbonyl (C=O) groups is 4. The van der Waals surface area contributed by atoms with Crippen LogP contribution in [0, 0.1) is 0 Å². The Kier molecular flexibility index (Phi) is 5.97. The van der Waals surface area contributed by atoms with Crippen LogP contribution in [-0.4, -0.2) is 29.3 Å². The second-order valence-corrected chi connectivity index (χ2v) is 9.55. The van der Waals surface area contributed by atoms with Crippen LogP contribution in [0.3, 0.4) is 0 Å². The maximum absolute atomic E-state index is 14.0. The van der Waals surface area contributed by atoms with Gasteiger partial charge >= 0.3 is 17.9 Å². The summed E-state index contributed by atoms with van der Waals surface area (Å²) in [5.41, 5.74) is -1.58. The lowest BCUT2D eigenvalue weighted by molar-refractivity contribution is -0.160. The largest absolute Gasteiger partial charge is 0.459 e. The van der Waals surface area contributed by atoms with E-state index in [1.165, 1.54) is 19.9 Å². The van der Waals surface area contributed by atoms with Crippen LogP contribution >= 0.6 is 0 Å².